The van der Waals surface area contributed by atoms with Gasteiger partial charge in [0.25, 0.3) is 0 Å². The van der Waals surface area contributed by atoms with E-state index in [-0.39, 0.29) is 24.5 Å². The van der Waals surface area contributed by atoms with Gasteiger partial charge in [-0.15, -0.1) is 0 Å². The first-order valence-corrected chi connectivity index (χ1v) is 23.9. The van der Waals surface area contributed by atoms with Gasteiger partial charge in [-0.1, -0.05) is 173 Å². The van der Waals surface area contributed by atoms with Crippen molar-refractivity contribution in [2.45, 2.75) is 238 Å². The molecule has 58 heavy (non-hydrogen) atoms. The van der Waals surface area contributed by atoms with E-state index in [0.29, 0.717) is 19.3 Å². The molecule has 0 aromatic rings. The van der Waals surface area contributed by atoms with Crippen molar-refractivity contribution in [3.63, 3.8) is 0 Å². The summed E-state index contributed by atoms with van der Waals surface area (Å²) in [6, 6.07) is -1.38. The molecule has 2 atom stereocenters. The number of carbonyl (C=O) groups is 4. The summed E-state index contributed by atoms with van der Waals surface area (Å²) in [5.74, 6) is -2.34. The highest BCUT2D eigenvalue weighted by Crippen LogP contribution is 2.16. The number of aliphatic hydroxyl groups is 1. The van der Waals surface area contributed by atoms with Crippen molar-refractivity contribution in [1.29, 1.82) is 0 Å². The second-order valence-corrected chi connectivity index (χ2v) is 16.2. The van der Waals surface area contributed by atoms with Crippen molar-refractivity contribution < 1.29 is 34.1 Å². The third-order valence-corrected chi connectivity index (χ3v) is 10.6. The first kappa shape index (κ1) is 55.1. The maximum atomic E-state index is 12.8. The van der Waals surface area contributed by atoms with E-state index in [1.807, 2.05) is 0 Å². The van der Waals surface area contributed by atoms with Crippen LogP contribution >= 0.6 is 0 Å². The van der Waals surface area contributed by atoms with Crippen LogP contribution in [0.5, 0.6) is 0 Å². The number of allylic oxidation sites excluding steroid dienone is 5. The number of ether oxygens (including phenoxy) is 1. The minimum absolute atomic E-state index is 0.0949. The first-order chi connectivity index (χ1) is 28.3. The van der Waals surface area contributed by atoms with Gasteiger partial charge in [0.1, 0.15) is 12.1 Å². The van der Waals surface area contributed by atoms with Crippen LogP contribution in [-0.4, -0.2) is 59.3 Å². The predicted molar refractivity (Wildman–Crippen MR) is 241 cm³/mol. The van der Waals surface area contributed by atoms with E-state index in [4.69, 9.17) is 14.9 Å². The molecule has 0 bridgehead atoms. The third-order valence-electron chi connectivity index (χ3n) is 10.6. The third kappa shape index (κ3) is 39.9. The molecule has 0 radical (unpaired) electrons. The molecule has 2 unspecified atom stereocenters. The second kappa shape index (κ2) is 43.6. The number of aliphatic hydroxyl groups excluding tert-OH is 1. The fraction of sp³-hybridized carbons (Fsp3) is 0.796. The number of carbonyl (C=O) groups excluding carboxylic acids is 3. The molecule has 336 valence electrons. The molecule has 2 amide bonds. The molecule has 0 aliphatic carbocycles. The summed E-state index contributed by atoms with van der Waals surface area (Å²) in [5, 5.41) is 22.5. The summed E-state index contributed by atoms with van der Waals surface area (Å²) in [7, 11) is 0. The molecule has 0 saturated carbocycles. The first-order valence-electron chi connectivity index (χ1n) is 23.9. The lowest BCUT2D eigenvalue weighted by atomic mass is 10.0. The molecule has 0 spiro atoms. The minimum Gasteiger partial charge on any atom is -0.480 e. The Bertz CT molecular complexity index is 1070. The molecule has 9 heteroatoms. The molecule has 9 nitrogen and oxygen atoms in total. The van der Waals surface area contributed by atoms with Crippen LogP contribution in [0.4, 0.5) is 0 Å². The summed E-state index contributed by atoms with van der Waals surface area (Å²) in [6.07, 6.45) is 50.7. The Morgan fingerprint density at radius 1 is 0.534 bits per heavy atom. The van der Waals surface area contributed by atoms with Crippen LogP contribution in [-0.2, 0) is 23.9 Å². The van der Waals surface area contributed by atoms with Crippen molar-refractivity contribution in [1.82, 2.24) is 10.6 Å². The molecule has 0 heterocycles. The molecular weight excluding hydrogens is 729 g/mol. The van der Waals surface area contributed by atoms with E-state index in [1.165, 1.54) is 128 Å². The maximum absolute atomic E-state index is 12.8. The average Bonchev–Trinajstić information content (AvgIpc) is 3.21. The van der Waals surface area contributed by atoms with Crippen molar-refractivity contribution in [2.24, 2.45) is 0 Å². The van der Waals surface area contributed by atoms with Gasteiger partial charge in [-0.05, 0) is 76.7 Å². The molecule has 0 saturated heterocycles. The average molecular weight is 817 g/mol. The molecule has 0 aromatic heterocycles. The summed E-state index contributed by atoms with van der Waals surface area (Å²) in [5.41, 5.74) is 0. The standard InChI is InChI=1S/C49H88N2O7/c1-3-5-7-9-11-13-14-15-16-17-18-19-20-21-22-23-24-25-27-33-37-41-48(55)58-44(38-34-30-26-12-10-8-6-4-2)39-35-31-28-29-32-36-40-46(53)50-42-47(54)51-45(43-52)49(56)57/h12,17-18,26,34,38,44-45,52H,3-11,13-16,19-25,27-33,35-37,39-43H2,1-2H3,(H,50,53)(H,51,54)(H,56,57)/b18-17-,26-12-,38-34-. The smallest absolute Gasteiger partial charge is 0.328 e. The van der Waals surface area contributed by atoms with E-state index < -0.39 is 24.5 Å². The van der Waals surface area contributed by atoms with Gasteiger partial charge in [-0.25, -0.2) is 4.79 Å². The minimum atomic E-state index is -1.38. The summed E-state index contributed by atoms with van der Waals surface area (Å²) in [6.45, 7) is 3.45. The van der Waals surface area contributed by atoms with Gasteiger partial charge in [-0.2, -0.15) is 0 Å². The van der Waals surface area contributed by atoms with E-state index in [1.54, 1.807) is 0 Å². The Kier molecular flexibility index (Phi) is 41.4. The van der Waals surface area contributed by atoms with Crippen molar-refractivity contribution in [2.75, 3.05) is 13.2 Å². The number of hydrogen-bond donors (Lipinski definition) is 4. The van der Waals surface area contributed by atoms with E-state index in [0.717, 1.165) is 64.2 Å². The number of unbranched alkanes of at least 4 members (excludes halogenated alkanes) is 25. The summed E-state index contributed by atoms with van der Waals surface area (Å²) < 4.78 is 5.94. The molecule has 4 N–H and O–H groups in total. The number of amides is 2. The van der Waals surface area contributed by atoms with Gasteiger partial charge < -0.3 is 25.6 Å². The highest BCUT2D eigenvalue weighted by Gasteiger charge is 2.18. The highest BCUT2D eigenvalue weighted by atomic mass is 16.5. The van der Waals surface area contributed by atoms with Gasteiger partial charge in [0, 0.05) is 12.8 Å². The lowest BCUT2D eigenvalue weighted by molar-refractivity contribution is -0.147. The van der Waals surface area contributed by atoms with Crippen LogP contribution in [0.1, 0.15) is 226 Å². The summed E-state index contributed by atoms with van der Waals surface area (Å²) >= 11 is 0. The Morgan fingerprint density at radius 2 is 0.983 bits per heavy atom. The largest absolute Gasteiger partial charge is 0.480 e. The molecule has 0 rings (SSSR count). The SMILES string of the molecule is CCCCC/C=C\C/C=C\C(CCCCCCCCC(=O)NCC(=O)NC(CO)C(=O)O)OC(=O)CCCCCCCCCCC/C=C\CCCCCCCCCC. The number of hydrogen-bond acceptors (Lipinski definition) is 6. The highest BCUT2D eigenvalue weighted by molar-refractivity contribution is 5.87. The number of carboxylic acid groups (broad SMARTS) is 1. The lowest BCUT2D eigenvalue weighted by Crippen LogP contribution is -2.47. The lowest BCUT2D eigenvalue weighted by Gasteiger charge is -2.15. The molecule has 0 fully saturated rings. The normalized spacial score (nSPS) is 12.7. The zero-order valence-electron chi connectivity index (χ0n) is 37.3. The van der Waals surface area contributed by atoms with E-state index >= 15 is 0 Å². The van der Waals surface area contributed by atoms with Crippen molar-refractivity contribution in [3.8, 4) is 0 Å². The Morgan fingerprint density at radius 3 is 1.52 bits per heavy atom. The van der Waals surface area contributed by atoms with Crippen molar-refractivity contribution >= 4 is 23.8 Å². The Hall–Kier alpha value is -2.94. The zero-order valence-corrected chi connectivity index (χ0v) is 37.3. The van der Waals surface area contributed by atoms with Crippen LogP contribution in [0.15, 0.2) is 36.5 Å². The maximum Gasteiger partial charge on any atom is 0.328 e. The quantitative estimate of drug-likeness (QED) is 0.0273. The summed E-state index contributed by atoms with van der Waals surface area (Å²) in [4.78, 5) is 47.5. The Labute approximate surface area is 355 Å². The van der Waals surface area contributed by atoms with Crippen LogP contribution < -0.4 is 10.6 Å². The number of carboxylic acids is 1. The fourth-order valence-electron chi connectivity index (χ4n) is 6.89. The van der Waals surface area contributed by atoms with Crippen LogP contribution in [0, 0.1) is 0 Å². The molecular formula is C49H88N2O7. The molecule has 0 aliphatic heterocycles. The monoisotopic (exact) mass is 817 g/mol. The Balaban J connectivity index is 4.14. The van der Waals surface area contributed by atoms with E-state index in [2.05, 4.69) is 60.9 Å². The number of aliphatic carboxylic acids is 1. The van der Waals surface area contributed by atoms with Crippen LogP contribution in [0.2, 0.25) is 0 Å². The zero-order chi connectivity index (χ0) is 42.6. The predicted octanol–water partition coefficient (Wildman–Crippen LogP) is 12.2. The van der Waals surface area contributed by atoms with Crippen LogP contribution in [0.3, 0.4) is 0 Å². The number of rotatable bonds is 43. The van der Waals surface area contributed by atoms with Gasteiger partial charge >= 0.3 is 11.9 Å². The molecule has 0 aromatic carbocycles. The van der Waals surface area contributed by atoms with Crippen molar-refractivity contribution in [3.05, 3.63) is 36.5 Å². The molecule has 0 aliphatic rings. The fourth-order valence-corrected chi connectivity index (χ4v) is 6.89. The van der Waals surface area contributed by atoms with Gasteiger partial charge in [-0.3, -0.25) is 14.4 Å². The number of esters is 1. The van der Waals surface area contributed by atoms with Gasteiger partial charge in [0.15, 0.2) is 0 Å². The number of nitrogens with one attached hydrogen (secondary N) is 2. The topological polar surface area (TPSA) is 142 Å². The second-order valence-electron chi connectivity index (χ2n) is 16.2. The van der Waals surface area contributed by atoms with E-state index in [9.17, 15) is 19.2 Å². The van der Waals surface area contributed by atoms with Crippen LogP contribution in [0.25, 0.3) is 0 Å². The van der Waals surface area contributed by atoms with Gasteiger partial charge in [0.2, 0.25) is 11.8 Å². The van der Waals surface area contributed by atoms with Gasteiger partial charge in [0.05, 0.1) is 13.2 Å².